The Morgan fingerprint density at radius 1 is 0.968 bits per heavy atom. The highest BCUT2D eigenvalue weighted by atomic mass is 79.9. The summed E-state index contributed by atoms with van der Waals surface area (Å²) in [5.41, 5.74) is 1.58. The van der Waals surface area contributed by atoms with Crippen LogP contribution in [0, 0.1) is 5.92 Å². The highest BCUT2D eigenvalue weighted by Crippen LogP contribution is 2.18. The Balaban J connectivity index is 2.01. The third-order valence-corrected chi connectivity index (χ3v) is 5.30. The minimum Gasteiger partial charge on any atom is -0.480 e. The van der Waals surface area contributed by atoms with Crippen LogP contribution < -0.4 is 10.6 Å². The lowest BCUT2D eigenvalue weighted by Crippen LogP contribution is -2.52. The number of carboxylic acids is 1. The predicted molar refractivity (Wildman–Crippen MR) is 120 cm³/mol. The van der Waals surface area contributed by atoms with Crippen LogP contribution in [0.2, 0.25) is 0 Å². The zero-order chi connectivity index (χ0) is 22.8. The molecule has 0 bridgehead atoms. The molecular formula is C23H27BrN2O5. The van der Waals surface area contributed by atoms with Gasteiger partial charge in [0, 0.05) is 10.9 Å². The summed E-state index contributed by atoms with van der Waals surface area (Å²) in [6, 6.07) is 14.4. The number of halogens is 1. The fraction of sp³-hybridized carbons (Fsp3) is 0.348. The van der Waals surface area contributed by atoms with Crippen LogP contribution in [-0.4, -0.2) is 35.2 Å². The lowest BCUT2D eigenvalue weighted by Gasteiger charge is -2.23. The number of carbonyl (C=O) groups excluding carboxylic acids is 2. The zero-order valence-corrected chi connectivity index (χ0v) is 19.1. The summed E-state index contributed by atoms with van der Waals surface area (Å²) in [6.07, 6.45) is -0.287. The molecule has 0 heterocycles. The molecule has 0 saturated heterocycles. The van der Waals surface area contributed by atoms with E-state index < -0.39 is 30.1 Å². The van der Waals surface area contributed by atoms with Crippen LogP contribution in [0.15, 0.2) is 59.1 Å². The molecule has 2 amide bonds. The van der Waals surface area contributed by atoms with Gasteiger partial charge in [0.05, 0.1) is 0 Å². The number of ether oxygens (including phenoxy) is 1. The standard InChI is InChI=1S/C23H27BrN2O5/c1-15(2)12-19(26-23(30)31-14-16-8-4-3-5-9-16)21(27)25-20(22(28)29)13-17-10-6-7-11-18(17)24/h3-11,15,19-20H,12-14H2,1-2H3,(H,25,27)(H,26,30)(H,28,29)/t19-,20+/m0/s1. The summed E-state index contributed by atoms with van der Waals surface area (Å²) >= 11 is 3.39. The molecule has 2 rings (SSSR count). The van der Waals surface area contributed by atoms with E-state index in [4.69, 9.17) is 4.74 Å². The molecule has 8 heteroatoms. The number of benzene rings is 2. The van der Waals surface area contributed by atoms with Gasteiger partial charge < -0.3 is 20.5 Å². The van der Waals surface area contributed by atoms with Crippen molar-refractivity contribution in [2.75, 3.05) is 0 Å². The molecule has 2 atom stereocenters. The Labute approximate surface area is 190 Å². The van der Waals surface area contributed by atoms with E-state index in [0.717, 1.165) is 15.6 Å². The number of alkyl carbamates (subject to hydrolysis) is 1. The smallest absolute Gasteiger partial charge is 0.408 e. The van der Waals surface area contributed by atoms with Crippen molar-refractivity contribution in [3.05, 3.63) is 70.2 Å². The highest BCUT2D eigenvalue weighted by Gasteiger charge is 2.28. The van der Waals surface area contributed by atoms with Crippen molar-refractivity contribution in [1.29, 1.82) is 0 Å². The third kappa shape index (κ3) is 8.41. The molecule has 2 aromatic carbocycles. The van der Waals surface area contributed by atoms with Crippen LogP contribution in [0.4, 0.5) is 4.79 Å². The molecule has 7 nitrogen and oxygen atoms in total. The fourth-order valence-electron chi connectivity index (χ4n) is 2.97. The summed E-state index contributed by atoms with van der Waals surface area (Å²) in [5, 5.41) is 14.7. The van der Waals surface area contributed by atoms with E-state index >= 15 is 0 Å². The summed E-state index contributed by atoms with van der Waals surface area (Å²) < 4.78 is 5.96. The summed E-state index contributed by atoms with van der Waals surface area (Å²) in [5.74, 6) is -1.62. The number of carbonyl (C=O) groups is 3. The monoisotopic (exact) mass is 490 g/mol. The van der Waals surface area contributed by atoms with Gasteiger partial charge in [0.25, 0.3) is 0 Å². The minimum absolute atomic E-state index is 0.0719. The maximum Gasteiger partial charge on any atom is 0.408 e. The van der Waals surface area contributed by atoms with Gasteiger partial charge in [-0.1, -0.05) is 78.3 Å². The largest absolute Gasteiger partial charge is 0.480 e. The average Bonchev–Trinajstić information content (AvgIpc) is 2.73. The number of hydrogen-bond acceptors (Lipinski definition) is 4. The van der Waals surface area contributed by atoms with E-state index in [1.54, 1.807) is 12.1 Å². The van der Waals surface area contributed by atoms with E-state index in [0.29, 0.717) is 6.42 Å². The van der Waals surface area contributed by atoms with Crippen LogP contribution in [0.1, 0.15) is 31.4 Å². The van der Waals surface area contributed by atoms with Gasteiger partial charge in [-0.2, -0.15) is 0 Å². The first-order valence-electron chi connectivity index (χ1n) is 10.00. The van der Waals surface area contributed by atoms with Gasteiger partial charge in [-0.15, -0.1) is 0 Å². The van der Waals surface area contributed by atoms with Gasteiger partial charge >= 0.3 is 12.1 Å². The number of carboxylic acid groups (broad SMARTS) is 1. The van der Waals surface area contributed by atoms with Gasteiger partial charge in [0.1, 0.15) is 18.7 Å². The number of rotatable bonds is 10. The van der Waals surface area contributed by atoms with Gasteiger partial charge in [-0.25, -0.2) is 9.59 Å². The molecule has 2 aromatic rings. The Morgan fingerprint density at radius 2 is 1.61 bits per heavy atom. The first-order chi connectivity index (χ1) is 14.8. The molecule has 0 saturated carbocycles. The summed E-state index contributed by atoms with van der Waals surface area (Å²) in [7, 11) is 0. The Hall–Kier alpha value is -2.87. The molecule has 0 aliphatic heterocycles. The minimum atomic E-state index is -1.15. The van der Waals surface area contributed by atoms with E-state index in [1.807, 2.05) is 56.3 Å². The summed E-state index contributed by atoms with van der Waals surface area (Å²) in [4.78, 5) is 36.8. The second kappa shape index (κ2) is 12.1. The first kappa shape index (κ1) is 24.4. The van der Waals surface area contributed by atoms with Crippen LogP contribution in [0.25, 0.3) is 0 Å². The molecule has 0 unspecified atom stereocenters. The number of amides is 2. The topological polar surface area (TPSA) is 105 Å². The molecule has 0 aromatic heterocycles. The Morgan fingerprint density at radius 3 is 2.23 bits per heavy atom. The van der Waals surface area contributed by atoms with Crippen molar-refractivity contribution in [2.45, 2.75) is 45.4 Å². The van der Waals surface area contributed by atoms with Gasteiger partial charge in [0.2, 0.25) is 5.91 Å². The Kier molecular flexibility index (Phi) is 9.52. The van der Waals surface area contributed by atoms with E-state index in [2.05, 4.69) is 26.6 Å². The molecule has 0 radical (unpaired) electrons. The number of nitrogens with one attached hydrogen (secondary N) is 2. The second-order valence-electron chi connectivity index (χ2n) is 7.58. The fourth-order valence-corrected chi connectivity index (χ4v) is 3.41. The van der Waals surface area contributed by atoms with Gasteiger partial charge in [-0.3, -0.25) is 4.79 Å². The SMILES string of the molecule is CC(C)C[C@H](NC(=O)OCc1ccccc1)C(=O)N[C@H](Cc1ccccc1Br)C(=O)O. The van der Waals surface area contributed by atoms with Crippen LogP contribution >= 0.6 is 15.9 Å². The van der Waals surface area contributed by atoms with Crippen molar-refractivity contribution in [3.8, 4) is 0 Å². The first-order valence-corrected chi connectivity index (χ1v) is 10.8. The maximum absolute atomic E-state index is 12.8. The van der Waals surface area contributed by atoms with Crippen LogP contribution in [0.5, 0.6) is 0 Å². The van der Waals surface area contributed by atoms with Crippen LogP contribution in [0.3, 0.4) is 0 Å². The van der Waals surface area contributed by atoms with Crippen molar-refractivity contribution in [3.63, 3.8) is 0 Å². The van der Waals surface area contributed by atoms with E-state index in [9.17, 15) is 19.5 Å². The molecule has 0 fully saturated rings. The Bertz CT molecular complexity index is 889. The molecule has 0 aliphatic rings. The van der Waals surface area contributed by atoms with E-state index in [-0.39, 0.29) is 18.9 Å². The molecule has 0 aliphatic carbocycles. The molecule has 166 valence electrons. The normalized spacial score (nSPS) is 12.6. The molecular weight excluding hydrogens is 464 g/mol. The van der Waals surface area contributed by atoms with Crippen LogP contribution in [-0.2, 0) is 27.4 Å². The average molecular weight is 491 g/mol. The lowest BCUT2D eigenvalue weighted by atomic mass is 10.0. The molecule has 31 heavy (non-hydrogen) atoms. The van der Waals surface area contributed by atoms with Gasteiger partial charge in [0.15, 0.2) is 0 Å². The molecule has 0 spiro atoms. The highest BCUT2D eigenvalue weighted by molar-refractivity contribution is 9.10. The number of hydrogen-bond donors (Lipinski definition) is 3. The van der Waals surface area contributed by atoms with Crippen molar-refractivity contribution in [2.24, 2.45) is 5.92 Å². The van der Waals surface area contributed by atoms with Crippen molar-refractivity contribution in [1.82, 2.24) is 10.6 Å². The van der Waals surface area contributed by atoms with Gasteiger partial charge in [-0.05, 0) is 29.5 Å². The quantitative estimate of drug-likeness (QED) is 0.468. The van der Waals surface area contributed by atoms with Crippen molar-refractivity contribution < 1.29 is 24.2 Å². The number of aliphatic carboxylic acids is 1. The maximum atomic E-state index is 12.8. The van der Waals surface area contributed by atoms with E-state index in [1.165, 1.54) is 0 Å². The molecule has 3 N–H and O–H groups in total. The van der Waals surface area contributed by atoms with Crippen molar-refractivity contribution >= 4 is 33.9 Å². The third-order valence-electron chi connectivity index (χ3n) is 4.52. The lowest BCUT2D eigenvalue weighted by molar-refractivity contribution is -0.142. The predicted octanol–water partition coefficient (Wildman–Crippen LogP) is 3.90. The second-order valence-corrected chi connectivity index (χ2v) is 8.44. The summed E-state index contributed by atoms with van der Waals surface area (Å²) in [6.45, 7) is 3.89. The zero-order valence-electron chi connectivity index (χ0n) is 17.5.